The van der Waals surface area contributed by atoms with Crippen molar-refractivity contribution in [1.82, 2.24) is 4.90 Å². The molecule has 0 aromatic heterocycles. The van der Waals surface area contributed by atoms with Crippen LogP contribution in [-0.2, 0) is 13.1 Å². The molecule has 2 aromatic carbocycles. The summed E-state index contributed by atoms with van der Waals surface area (Å²) in [6, 6.07) is 12.9. The molecule has 0 aliphatic carbocycles. The number of rotatable bonds is 2. The predicted octanol–water partition coefficient (Wildman–Crippen LogP) is 2.83. The molecular formula is C16H17N3O2. The average Bonchev–Trinajstić information content (AvgIpc) is 2.93. The fourth-order valence-corrected chi connectivity index (χ4v) is 2.53. The number of para-hydroxylation sites is 2. The van der Waals surface area contributed by atoms with E-state index in [0.717, 1.165) is 16.9 Å². The number of methoxy groups -OCH3 is 1. The third-order valence-corrected chi connectivity index (χ3v) is 3.65. The summed E-state index contributed by atoms with van der Waals surface area (Å²) >= 11 is 0. The lowest BCUT2D eigenvalue weighted by Crippen LogP contribution is -2.30. The Morgan fingerprint density at radius 1 is 1.19 bits per heavy atom. The van der Waals surface area contributed by atoms with Crippen LogP contribution in [0.4, 0.5) is 16.2 Å². The normalized spacial score (nSPS) is 12.9. The van der Waals surface area contributed by atoms with E-state index >= 15 is 0 Å². The Balaban J connectivity index is 1.75. The maximum Gasteiger partial charge on any atom is 0.322 e. The first kappa shape index (κ1) is 13.3. The maximum atomic E-state index is 12.4. The van der Waals surface area contributed by atoms with Crippen LogP contribution in [0.25, 0.3) is 0 Å². The largest absolute Gasteiger partial charge is 0.496 e. The van der Waals surface area contributed by atoms with Crippen molar-refractivity contribution in [3.8, 4) is 5.75 Å². The van der Waals surface area contributed by atoms with Crippen LogP contribution in [0.2, 0.25) is 0 Å². The fourth-order valence-electron chi connectivity index (χ4n) is 2.53. The number of nitrogens with one attached hydrogen (secondary N) is 1. The molecular weight excluding hydrogens is 266 g/mol. The van der Waals surface area contributed by atoms with Crippen LogP contribution in [0.1, 0.15) is 11.1 Å². The highest BCUT2D eigenvalue weighted by Gasteiger charge is 2.26. The quantitative estimate of drug-likeness (QED) is 0.833. The van der Waals surface area contributed by atoms with E-state index < -0.39 is 0 Å². The molecule has 1 aliphatic rings. The van der Waals surface area contributed by atoms with Gasteiger partial charge in [0.2, 0.25) is 0 Å². The minimum Gasteiger partial charge on any atom is -0.496 e. The first-order valence-corrected chi connectivity index (χ1v) is 6.74. The molecule has 0 saturated heterocycles. The fraction of sp³-hybridized carbons (Fsp3) is 0.188. The molecule has 0 atom stereocenters. The van der Waals surface area contributed by atoms with Gasteiger partial charge in [-0.15, -0.1) is 0 Å². The molecule has 0 saturated carbocycles. The Kier molecular flexibility index (Phi) is 3.39. The van der Waals surface area contributed by atoms with Gasteiger partial charge in [-0.1, -0.05) is 24.3 Å². The van der Waals surface area contributed by atoms with E-state index in [1.165, 1.54) is 0 Å². The van der Waals surface area contributed by atoms with Gasteiger partial charge in [0, 0.05) is 12.1 Å². The maximum absolute atomic E-state index is 12.4. The van der Waals surface area contributed by atoms with Gasteiger partial charge < -0.3 is 20.7 Å². The van der Waals surface area contributed by atoms with E-state index in [2.05, 4.69) is 5.32 Å². The summed E-state index contributed by atoms with van der Waals surface area (Å²) in [4.78, 5) is 14.1. The molecule has 0 fully saturated rings. The van der Waals surface area contributed by atoms with Gasteiger partial charge in [-0.2, -0.15) is 0 Å². The molecule has 2 amide bonds. The third kappa shape index (κ3) is 2.50. The number of nitrogen functional groups attached to an aromatic ring is 1. The standard InChI is InChI=1S/C16H17N3O2/c1-21-15-8-4-5-11-9-19(10-12(11)15)16(20)18-14-7-3-2-6-13(14)17/h2-8H,9-10,17H2,1H3,(H,18,20). The van der Waals surface area contributed by atoms with E-state index in [9.17, 15) is 4.79 Å². The number of amides is 2. The van der Waals surface area contributed by atoms with Crippen molar-refractivity contribution in [1.29, 1.82) is 0 Å². The summed E-state index contributed by atoms with van der Waals surface area (Å²) in [5.41, 5.74) is 9.21. The minimum absolute atomic E-state index is 0.161. The van der Waals surface area contributed by atoms with Crippen molar-refractivity contribution in [3.63, 3.8) is 0 Å². The topological polar surface area (TPSA) is 67.6 Å². The minimum atomic E-state index is -0.161. The molecule has 1 heterocycles. The van der Waals surface area contributed by atoms with Gasteiger partial charge >= 0.3 is 6.03 Å². The van der Waals surface area contributed by atoms with Crippen molar-refractivity contribution < 1.29 is 9.53 Å². The monoisotopic (exact) mass is 283 g/mol. The van der Waals surface area contributed by atoms with Crippen molar-refractivity contribution in [2.24, 2.45) is 0 Å². The first-order valence-electron chi connectivity index (χ1n) is 6.74. The van der Waals surface area contributed by atoms with Gasteiger partial charge in [-0.3, -0.25) is 0 Å². The second kappa shape index (κ2) is 5.36. The zero-order chi connectivity index (χ0) is 14.8. The number of nitrogens with two attached hydrogens (primary N) is 1. The van der Waals surface area contributed by atoms with Crippen LogP contribution in [0.15, 0.2) is 42.5 Å². The molecule has 0 spiro atoms. The Hall–Kier alpha value is -2.69. The second-order valence-electron chi connectivity index (χ2n) is 4.97. The van der Waals surface area contributed by atoms with Crippen molar-refractivity contribution in [3.05, 3.63) is 53.6 Å². The molecule has 3 N–H and O–H groups in total. The summed E-state index contributed by atoms with van der Waals surface area (Å²) in [5.74, 6) is 0.821. The molecule has 0 bridgehead atoms. The predicted molar refractivity (Wildman–Crippen MR) is 82.1 cm³/mol. The lowest BCUT2D eigenvalue weighted by atomic mass is 10.1. The summed E-state index contributed by atoms with van der Waals surface area (Å²) in [5, 5.41) is 2.85. The number of anilines is 2. The number of urea groups is 1. The summed E-state index contributed by atoms with van der Waals surface area (Å²) in [6.45, 7) is 1.11. The Labute approximate surface area is 123 Å². The van der Waals surface area contributed by atoms with Crippen LogP contribution in [0.3, 0.4) is 0 Å². The van der Waals surface area contributed by atoms with E-state index in [1.807, 2.05) is 30.3 Å². The molecule has 5 nitrogen and oxygen atoms in total. The lowest BCUT2D eigenvalue weighted by Gasteiger charge is -2.17. The van der Waals surface area contributed by atoms with E-state index in [4.69, 9.17) is 10.5 Å². The number of fused-ring (bicyclic) bond motifs is 1. The van der Waals surface area contributed by atoms with Gasteiger partial charge in [0.1, 0.15) is 5.75 Å². The number of carbonyl (C=O) groups is 1. The number of hydrogen-bond donors (Lipinski definition) is 2. The van der Waals surface area contributed by atoms with E-state index in [0.29, 0.717) is 24.5 Å². The Morgan fingerprint density at radius 3 is 2.76 bits per heavy atom. The zero-order valence-electron chi connectivity index (χ0n) is 11.8. The lowest BCUT2D eigenvalue weighted by molar-refractivity contribution is 0.212. The Morgan fingerprint density at radius 2 is 2.00 bits per heavy atom. The molecule has 2 aromatic rings. The van der Waals surface area contributed by atoms with Gasteiger partial charge in [-0.05, 0) is 23.8 Å². The van der Waals surface area contributed by atoms with Crippen molar-refractivity contribution >= 4 is 17.4 Å². The van der Waals surface area contributed by atoms with E-state index in [1.54, 1.807) is 24.1 Å². The molecule has 21 heavy (non-hydrogen) atoms. The van der Waals surface area contributed by atoms with Crippen LogP contribution >= 0.6 is 0 Å². The Bertz CT molecular complexity index is 685. The SMILES string of the molecule is COc1cccc2c1CN(C(=O)Nc1ccccc1N)C2. The number of carbonyl (C=O) groups excluding carboxylic acids is 1. The molecule has 3 rings (SSSR count). The van der Waals surface area contributed by atoms with Crippen LogP contribution in [0.5, 0.6) is 5.75 Å². The highest BCUT2D eigenvalue weighted by Crippen LogP contribution is 2.31. The van der Waals surface area contributed by atoms with E-state index in [-0.39, 0.29) is 6.03 Å². The molecule has 0 unspecified atom stereocenters. The number of hydrogen-bond acceptors (Lipinski definition) is 3. The van der Waals surface area contributed by atoms with Gasteiger partial charge in [0.15, 0.2) is 0 Å². The van der Waals surface area contributed by atoms with Gasteiger partial charge in [-0.25, -0.2) is 4.79 Å². The molecule has 5 heteroatoms. The molecule has 1 aliphatic heterocycles. The van der Waals surface area contributed by atoms with Crippen LogP contribution in [-0.4, -0.2) is 18.0 Å². The zero-order valence-corrected chi connectivity index (χ0v) is 11.8. The summed E-state index contributed by atoms with van der Waals surface area (Å²) in [6.07, 6.45) is 0. The third-order valence-electron chi connectivity index (χ3n) is 3.65. The molecule has 0 radical (unpaired) electrons. The van der Waals surface area contributed by atoms with Crippen molar-refractivity contribution in [2.45, 2.75) is 13.1 Å². The average molecular weight is 283 g/mol. The number of ether oxygens (including phenoxy) is 1. The highest BCUT2D eigenvalue weighted by atomic mass is 16.5. The van der Waals surface area contributed by atoms with Gasteiger partial charge in [0.25, 0.3) is 0 Å². The van der Waals surface area contributed by atoms with Crippen LogP contribution in [0, 0.1) is 0 Å². The molecule has 108 valence electrons. The van der Waals surface area contributed by atoms with Crippen LogP contribution < -0.4 is 15.8 Å². The smallest absolute Gasteiger partial charge is 0.322 e. The summed E-state index contributed by atoms with van der Waals surface area (Å²) < 4.78 is 5.34. The first-order chi connectivity index (χ1) is 10.2. The van der Waals surface area contributed by atoms with Gasteiger partial charge in [0.05, 0.1) is 25.0 Å². The number of benzene rings is 2. The second-order valence-corrected chi connectivity index (χ2v) is 4.97. The highest BCUT2D eigenvalue weighted by molar-refractivity contribution is 5.92. The summed E-state index contributed by atoms with van der Waals surface area (Å²) in [7, 11) is 1.64. The van der Waals surface area contributed by atoms with Crippen molar-refractivity contribution in [2.75, 3.05) is 18.2 Å². The number of nitrogens with zero attached hydrogens (tertiary/aromatic N) is 1.